The summed E-state index contributed by atoms with van der Waals surface area (Å²) in [5.74, 6) is 0. The van der Waals surface area contributed by atoms with Gasteiger partial charge >= 0.3 is 18.9 Å². The van der Waals surface area contributed by atoms with Crippen LogP contribution in [0.15, 0.2) is 60.7 Å². The van der Waals surface area contributed by atoms with Crippen molar-refractivity contribution in [1.82, 2.24) is 15.0 Å². The normalized spacial score (nSPS) is 10.8. The molecule has 1 heterocycles. The van der Waals surface area contributed by atoms with E-state index in [4.69, 9.17) is 4.74 Å². The first-order chi connectivity index (χ1) is 10.4. The van der Waals surface area contributed by atoms with Gasteiger partial charge in [-0.15, -0.1) is 17.3 Å². The second kappa shape index (κ2) is 7.86. The van der Waals surface area contributed by atoms with Crippen LogP contribution in [-0.2, 0) is 4.74 Å². The molecule has 0 radical (unpaired) electrons. The predicted molar refractivity (Wildman–Crippen MR) is 83.3 cm³/mol. The van der Waals surface area contributed by atoms with Crippen LogP contribution in [0.4, 0.5) is 0 Å². The van der Waals surface area contributed by atoms with Gasteiger partial charge in [0.2, 0.25) is 0 Å². The fourth-order valence-corrected chi connectivity index (χ4v) is 2.09. The van der Waals surface area contributed by atoms with Crippen molar-refractivity contribution in [3.05, 3.63) is 72.5 Å². The minimum absolute atomic E-state index is 0. The Morgan fingerprint density at radius 3 is 2.59 bits per heavy atom. The van der Waals surface area contributed by atoms with Crippen LogP contribution in [0.5, 0.6) is 0 Å². The Morgan fingerprint density at radius 2 is 1.82 bits per heavy atom. The topological polar surface area (TPSA) is 39.9 Å². The number of fused-ring (bicyclic) bond motifs is 1. The molecule has 1 aromatic heterocycles. The number of aromatic nitrogens is 3. The molecule has 22 heavy (non-hydrogen) atoms. The summed E-state index contributed by atoms with van der Waals surface area (Å²) in [6, 6.07) is 17.9. The van der Waals surface area contributed by atoms with Crippen LogP contribution in [0.25, 0.3) is 17.1 Å². The van der Waals surface area contributed by atoms with Gasteiger partial charge < -0.3 is 4.74 Å². The molecule has 0 spiro atoms. The summed E-state index contributed by atoms with van der Waals surface area (Å²) in [5, 5.41) is 8.33. The summed E-state index contributed by atoms with van der Waals surface area (Å²) in [6.07, 6.45) is 4.58. The summed E-state index contributed by atoms with van der Waals surface area (Å²) in [7, 11) is 0. The SMILES string of the molecule is CCO[C-](/C=C/c1ccccc1)n1nnc2ccccc21.[Li+]. The van der Waals surface area contributed by atoms with Crippen LogP contribution in [0.2, 0.25) is 0 Å². The number of para-hydroxylation sites is 1. The van der Waals surface area contributed by atoms with E-state index >= 15 is 0 Å². The standard InChI is InChI=1S/C17H16N3O.Li/c1-2-21-17(13-12-14-8-4-3-5-9-14)20-16-11-7-6-10-15(16)18-19-20;/h3-13H,2H2,1H3;/q-1;+1/b13-12+;. The molecular formula is C17H16LiN3O. The van der Waals surface area contributed by atoms with E-state index in [1.807, 2.05) is 73.7 Å². The molecule has 0 amide bonds. The zero-order valence-corrected chi connectivity index (χ0v) is 12.8. The molecule has 106 valence electrons. The molecule has 2 aromatic carbocycles. The molecule has 0 aliphatic rings. The fraction of sp³-hybridized carbons (Fsp3) is 0.118. The zero-order valence-electron chi connectivity index (χ0n) is 12.8. The van der Waals surface area contributed by atoms with E-state index in [2.05, 4.69) is 10.3 Å². The Labute approximate surface area is 142 Å². The number of ether oxygens (including phenoxy) is 1. The maximum absolute atomic E-state index is 5.71. The van der Waals surface area contributed by atoms with Crippen molar-refractivity contribution in [1.29, 1.82) is 0 Å². The van der Waals surface area contributed by atoms with E-state index in [9.17, 15) is 0 Å². The number of benzene rings is 2. The van der Waals surface area contributed by atoms with E-state index in [0.717, 1.165) is 16.6 Å². The van der Waals surface area contributed by atoms with Gasteiger partial charge in [0.1, 0.15) is 0 Å². The molecule has 0 bridgehead atoms. The van der Waals surface area contributed by atoms with E-state index in [1.165, 1.54) is 0 Å². The van der Waals surface area contributed by atoms with E-state index in [-0.39, 0.29) is 18.9 Å². The van der Waals surface area contributed by atoms with Gasteiger partial charge in [0, 0.05) is 6.61 Å². The Hall–Kier alpha value is -1.99. The van der Waals surface area contributed by atoms with Gasteiger partial charge in [-0.1, -0.05) is 59.3 Å². The first-order valence-electron chi connectivity index (χ1n) is 6.92. The van der Waals surface area contributed by atoms with E-state index in [0.29, 0.717) is 12.8 Å². The monoisotopic (exact) mass is 285 g/mol. The molecule has 0 aliphatic carbocycles. The second-order valence-electron chi connectivity index (χ2n) is 4.51. The van der Waals surface area contributed by atoms with Crippen LogP contribution < -0.4 is 18.9 Å². The number of rotatable bonds is 5. The summed E-state index contributed by atoms with van der Waals surface area (Å²) < 4.78 is 7.43. The average molecular weight is 285 g/mol. The predicted octanol–water partition coefficient (Wildman–Crippen LogP) is 0.523. The molecule has 3 aromatic rings. The minimum atomic E-state index is 0. The Balaban J connectivity index is 0.00000176. The number of nitrogens with zero attached hydrogens (tertiary/aromatic N) is 3. The zero-order chi connectivity index (χ0) is 14.5. The van der Waals surface area contributed by atoms with Gasteiger partial charge in [-0.05, 0) is 18.5 Å². The quantitative estimate of drug-likeness (QED) is 0.507. The molecule has 4 nitrogen and oxygen atoms in total. The first-order valence-corrected chi connectivity index (χ1v) is 6.92. The van der Waals surface area contributed by atoms with Crippen molar-refractivity contribution >= 4 is 17.1 Å². The van der Waals surface area contributed by atoms with Gasteiger partial charge in [0.25, 0.3) is 0 Å². The Kier molecular flexibility index (Phi) is 5.85. The number of hydrogen-bond donors (Lipinski definition) is 0. The van der Waals surface area contributed by atoms with Crippen LogP contribution in [-0.4, -0.2) is 21.6 Å². The summed E-state index contributed by atoms with van der Waals surface area (Å²) >= 11 is 0. The summed E-state index contributed by atoms with van der Waals surface area (Å²) in [4.78, 5) is 0. The molecule has 5 heteroatoms. The number of hydrogen-bond acceptors (Lipinski definition) is 3. The van der Waals surface area contributed by atoms with Crippen LogP contribution >= 0.6 is 0 Å². The Bertz CT molecular complexity index is 740. The molecule has 0 unspecified atom stereocenters. The first kappa shape index (κ1) is 16.4. The van der Waals surface area contributed by atoms with Gasteiger partial charge in [0.05, 0.1) is 11.7 Å². The molecule has 0 atom stereocenters. The molecular weight excluding hydrogens is 269 g/mol. The van der Waals surface area contributed by atoms with Gasteiger partial charge in [-0.3, -0.25) is 4.68 Å². The van der Waals surface area contributed by atoms with Crippen molar-refractivity contribution in [2.45, 2.75) is 6.92 Å². The van der Waals surface area contributed by atoms with Gasteiger partial charge in [-0.25, -0.2) is 0 Å². The third-order valence-electron chi connectivity index (χ3n) is 3.07. The van der Waals surface area contributed by atoms with Crippen molar-refractivity contribution in [3.63, 3.8) is 0 Å². The maximum Gasteiger partial charge on any atom is 1.00 e. The third-order valence-corrected chi connectivity index (χ3v) is 3.07. The van der Waals surface area contributed by atoms with Crippen LogP contribution in [0.1, 0.15) is 12.5 Å². The summed E-state index contributed by atoms with van der Waals surface area (Å²) in [6.45, 7) is 2.53. The molecule has 0 fully saturated rings. The van der Waals surface area contributed by atoms with E-state index in [1.54, 1.807) is 4.68 Å². The smallest absolute Gasteiger partial charge is 0.389 e. The van der Waals surface area contributed by atoms with Gasteiger partial charge in [0.15, 0.2) is 0 Å². The maximum atomic E-state index is 5.71. The van der Waals surface area contributed by atoms with Gasteiger partial charge in [-0.2, -0.15) is 0 Å². The molecule has 0 saturated heterocycles. The molecule has 3 rings (SSSR count). The fourth-order valence-electron chi connectivity index (χ4n) is 2.09. The molecule has 0 N–H and O–H groups in total. The average Bonchev–Trinajstić information content (AvgIpc) is 2.96. The van der Waals surface area contributed by atoms with Crippen molar-refractivity contribution in [2.24, 2.45) is 0 Å². The summed E-state index contributed by atoms with van der Waals surface area (Å²) in [5.41, 5.74) is 2.89. The molecule has 0 aliphatic heterocycles. The van der Waals surface area contributed by atoms with Crippen LogP contribution in [0, 0.1) is 6.23 Å². The second-order valence-corrected chi connectivity index (χ2v) is 4.51. The largest absolute Gasteiger partial charge is 1.00 e. The minimum Gasteiger partial charge on any atom is -0.389 e. The van der Waals surface area contributed by atoms with Crippen molar-refractivity contribution < 1.29 is 23.6 Å². The van der Waals surface area contributed by atoms with Crippen molar-refractivity contribution in [2.75, 3.05) is 6.61 Å². The van der Waals surface area contributed by atoms with Crippen molar-refractivity contribution in [3.8, 4) is 0 Å². The molecule has 0 saturated carbocycles. The Morgan fingerprint density at radius 1 is 1.09 bits per heavy atom. The van der Waals surface area contributed by atoms with E-state index < -0.39 is 0 Å². The third kappa shape index (κ3) is 3.61. The van der Waals surface area contributed by atoms with Crippen LogP contribution in [0.3, 0.4) is 0 Å².